The molecule has 0 N–H and O–H groups in total. The van der Waals surface area contributed by atoms with Crippen molar-refractivity contribution < 1.29 is 19.1 Å². The number of hydrogen-bond acceptors (Lipinski definition) is 4. The fourth-order valence-corrected chi connectivity index (χ4v) is 3.64. The Hall–Kier alpha value is -3.07. The maximum atomic E-state index is 12.2. The van der Waals surface area contributed by atoms with Gasteiger partial charge >= 0.3 is 11.9 Å². The molecule has 0 radical (unpaired) electrons. The highest BCUT2D eigenvalue weighted by Gasteiger charge is 2.10. The molecule has 0 unspecified atom stereocenters. The van der Waals surface area contributed by atoms with Crippen LogP contribution in [0.3, 0.4) is 0 Å². The minimum absolute atomic E-state index is 0.276. The van der Waals surface area contributed by atoms with Crippen LogP contribution in [0.5, 0.6) is 0 Å². The van der Waals surface area contributed by atoms with Crippen molar-refractivity contribution in [3.05, 3.63) is 70.8 Å². The monoisotopic (exact) mass is 490 g/mol. The van der Waals surface area contributed by atoms with Crippen LogP contribution < -0.4 is 0 Å². The standard InChI is InChI=1S/C28H34O4Si2/c1-33(2,3)21-17-23-9-13-25(14-10-23)27(29)31-19-7-8-20-32-28(30)26-15-11-24(12-16-26)18-22-34(4,5)6/h9-16H,7-8,19-20H2,1-6H3. The van der Waals surface area contributed by atoms with Crippen LogP contribution in [0.2, 0.25) is 39.3 Å². The number of esters is 2. The Balaban J connectivity index is 1.69. The average molecular weight is 491 g/mol. The van der Waals surface area contributed by atoms with Gasteiger partial charge in [0.25, 0.3) is 0 Å². The first-order valence-corrected chi connectivity index (χ1v) is 18.5. The minimum atomic E-state index is -1.43. The molecular formula is C28H34O4Si2. The van der Waals surface area contributed by atoms with E-state index in [0.717, 1.165) is 11.1 Å². The van der Waals surface area contributed by atoms with Crippen LogP contribution in [0.4, 0.5) is 0 Å². The molecule has 0 heterocycles. The summed E-state index contributed by atoms with van der Waals surface area (Å²) >= 11 is 0. The molecule has 0 fully saturated rings. The fourth-order valence-electron chi connectivity index (χ4n) is 2.60. The van der Waals surface area contributed by atoms with Crippen molar-refractivity contribution >= 4 is 28.1 Å². The van der Waals surface area contributed by atoms with Gasteiger partial charge in [0.1, 0.15) is 16.1 Å². The maximum Gasteiger partial charge on any atom is 0.338 e. The SMILES string of the molecule is C[Si](C)(C)C#Cc1ccc(C(=O)OCCCCOC(=O)c2ccc(C#C[Si](C)(C)C)cc2)cc1. The Labute approximate surface area is 206 Å². The Morgan fingerprint density at radius 2 is 0.941 bits per heavy atom. The Bertz CT molecular complexity index is 1010. The fraction of sp³-hybridized carbons (Fsp3) is 0.357. The summed E-state index contributed by atoms with van der Waals surface area (Å²) in [6.45, 7) is 13.7. The molecule has 34 heavy (non-hydrogen) atoms. The van der Waals surface area contributed by atoms with Crippen molar-refractivity contribution in [2.45, 2.75) is 52.1 Å². The Morgan fingerprint density at radius 1 is 0.618 bits per heavy atom. The van der Waals surface area contributed by atoms with Crippen molar-refractivity contribution in [1.29, 1.82) is 0 Å². The largest absolute Gasteiger partial charge is 0.462 e. The summed E-state index contributed by atoms with van der Waals surface area (Å²) in [5.41, 5.74) is 9.41. The van der Waals surface area contributed by atoms with Crippen LogP contribution in [0.15, 0.2) is 48.5 Å². The number of rotatable bonds is 7. The zero-order chi connectivity index (χ0) is 25.2. The molecule has 0 saturated heterocycles. The van der Waals surface area contributed by atoms with E-state index in [1.54, 1.807) is 24.3 Å². The van der Waals surface area contributed by atoms with E-state index in [0.29, 0.717) is 24.0 Å². The molecule has 0 aromatic heterocycles. The van der Waals surface area contributed by atoms with Crippen LogP contribution >= 0.6 is 0 Å². The highest BCUT2D eigenvalue weighted by Crippen LogP contribution is 2.09. The van der Waals surface area contributed by atoms with Crippen molar-refractivity contribution in [2.75, 3.05) is 13.2 Å². The number of carbonyl (C=O) groups is 2. The van der Waals surface area contributed by atoms with E-state index < -0.39 is 16.1 Å². The molecule has 2 aromatic carbocycles. The minimum Gasteiger partial charge on any atom is -0.462 e. The lowest BCUT2D eigenvalue weighted by Crippen LogP contribution is -2.16. The summed E-state index contributed by atoms with van der Waals surface area (Å²) in [4.78, 5) is 24.4. The highest BCUT2D eigenvalue weighted by atomic mass is 28.3. The van der Waals surface area contributed by atoms with Crippen LogP contribution in [-0.4, -0.2) is 41.3 Å². The highest BCUT2D eigenvalue weighted by molar-refractivity contribution is 6.84. The van der Waals surface area contributed by atoms with Gasteiger partial charge in [-0.3, -0.25) is 0 Å². The molecule has 0 bridgehead atoms. The van der Waals surface area contributed by atoms with E-state index in [1.807, 2.05) is 24.3 Å². The third-order valence-electron chi connectivity index (χ3n) is 4.41. The first-order chi connectivity index (χ1) is 15.9. The molecule has 0 atom stereocenters. The quantitative estimate of drug-likeness (QED) is 0.209. The Kier molecular flexibility index (Phi) is 9.92. The van der Waals surface area contributed by atoms with E-state index in [9.17, 15) is 9.59 Å². The van der Waals surface area contributed by atoms with Gasteiger partial charge < -0.3 is 9.47 Å². The summed E-state index contributed by atoms with van der Waals surface area (Å²) in [6.07, 6.45) is 1.23. The van der Waals surface area contributed by atoms with Crippen molar-refractivity contribution in [3.8, 4) is 22.9 Å². The molecule has 0 aliphatic heterocycles. The second-order valence-corrected chi connectivity index (χ2v) is 19.6. The summed E-state index contributed by atoms with van der Waals surface area (Å²) in [5.74, 6) is 5.61. The van der Waals surface area contributed by atoms with Gasteiger partial charge in [0, 0.05) is 11.1 Å². The van der Waals surface area contributed by atoms with Crippen LogP contribution in [-0.2, 0) is 9.47 Å². The molecule has 0 aliphatic carbocycles. The van der Waals surface area contributed by atoms with E-state index in [4.69, 9.17) is 9.47 Å². The second-order valence-electron chi connectivity index (χ2n) is 10.1. The lowest BCUT2D eigenvalue weighted by molar-refractivity contribution is 0.0432. The predicted molar refractivity (Wildman–Crippen MR) is 143 cm³/mol. The number of ether oxygens (including phenoxy) is 2. The van der Waals surface area contributed by atoms with Crippen LogP contribution in [0.1, 0.15) is 44.7 Å². The van der Waals surface area contributed by atoms with E-state index in [1.165, 1.54) is 0 Å². The number of benzene rings is 2. The topological polar surface area (TPSA) is 52.6 Å². The number of unbranched alkanes of at least 4 members (excludes halogenated alkanes) is 1. The second kappa shape index (κ2) is 12.4. The third-order valence-corrected chi connectivity index (χ3v) is 6.16. The zero-order valence-electron chi connectivity index (χ0n) is 21.1. The number of carbonyl (C=O) groups excluding carboxylic acids is 2. The van der Waals surface area contributed by atoms with Crippen molar-refractivity contribution in [3.63, 3.8) is 0 Å². The van der Waals surface area contributed by atoms with Gasteiger partial charge in [-0.2, -0.15) is 0 Å². The van der Waals surface area contributed by atoms with E-state index in [-0.39, 0.29) is 25.2 Å². The molecule has 2 aromatic rings. The number of hydrogen-bond donors (Lipinski definition) is 0. The van der Waals surface area contributed by atoms with Crippen LogP contribution in [0.25, 0.3) is 0 Å². The van der Waals surface area contributed by atoms with Gasteiger partial charge in [0.2, 0.25) is 0 Å². The van der Waals surface area contributed by atoms with Crippen molar-refractivity contribution in [2.24, 2.45) is 0 Å². The third kappa shape index (κ3) is 10.7. The van der Waals surface area contributed by atoms with Gasteiger partial charge in [-0.1, -0.05) is 51.1 Å². The predicted octanol–water partition coefficient (Wildman–Crippen LogP) is 5.94. The van der Waals surface area contributed by atoms with E-state index >= 15 is 0 Å². The average Bonchev–Trinajstić information content (AvgIpc) is 2.78. The normalized spacial score (nSPS) is 10.9. The zero-order valence-corrected chi connectivity index (χ0v) is 23.1. The first-order valence-electron chi connectivity index (χ1n) is 11.5. The van der Waals surface area contributed by atoms with Crippen LogP contribution in [0, 0.1) is 22.9 Å². The molecular weight excluding hydrogens is 456 g/mol. The lowest BCUT2D eigenvalue weighted by Gasteiger charge is -2.07. The van der Waals surface area contributed by atoms with Gasteiger partial charge in [-0.25, -0.2) is 9.59 Å². The lowest BCUT2D eigenvalue weighted by atomic mass is 10.1. The van der Waals surface area contributed by atoms with Gasteiger partial charge in [-0.05, 0) is 61.4 Å². The summed E-state index contributed by atoms with van der Waals surface area (Å²) < 4.78 is 10.6. The van der Waals surface area contributed by atoms with Gasteiger partial charge in [0.15, 0.2) is 0 Å². The first kappa shape index (κ1) is 27.2. The summed E-state index contributed by atoms with van der Waals surface area (Å²) in [5, 5.41) is 0. The van der Waals surface area contributed by atoms with Crippen molar-refractivity contribution in [1.82, 2.24) is 0 Å². The molecule has 0 amide bonds. The molecule has 2 rings (SSSR count). The molecule has 0 aliphatic rings. The van der Waals surface area contributed by atoms with E-state index in [2.05, 4.69) is 62.2 Å². The molecule has 0 saturated carbocycles. The summed E-state index contributed by atoms with van der Waals surface area (Å²) in [7, 11) is -2.86. The molecule has 6 heteroatoms. The smallest absolute Gasteiger partial charge is 0.338 e. The molecule has 178 valence electrons. The van der Waals surface area contributed by atoms with Gasteiger partial charge in [-0.15, -0.1) is 11.1 Å². The maximum absolute atomic E-state index is 12.2. The Morgan fingerprint density at radius 3 is 1.24 bits per heavy atom. The summed E-state index contributed by atoms with van der Waals surface area (Å²) in [6, 6.07) is 14.3. The molecule has 0 spiro atoms. The molecule has 4 nitrogen and oxygen atoms in total. The van der Waals surface area contributed by atoms with Gasteiger partial charge in [0.05, 0.1) is 24.3 Å².